The van der Waals surface area contributed by atoms with Crippen LogP contribution in [0.1, 0.15) is 30.0 Å². The summed E-state index contributed by atoms with van der Waals surface area (Å²) in [7, 11) is 0. The molecule has 0 saturated carbocycles. The molecular weight excluding hydrogens is 192 g/mol. The summed E-state index contributed by atoms with van der Waals surface area (Å²) in [5, 5.41) is 9.80. The van der Waals surface area contributed by atoms with Crippen molar-refractivity contribution in [3.05, 3.63) is 22.8 Å². The molecule has 14 heavy (non-hydrogen) atoms. The number of rotatable bonds is 3. The van der Waals surface area contributed by atoms with E-state index in [1.165, 1.54) is 10.5 Å². The van der Waals surface area contributed by atoms with E-state index < -0.39 is 0 Å². The first-order valence-electron chi connectivity index (χ1n) is 5.00. The van der Waals surface area contributed by atoms with Crippen LogP contribution in [0.25, 0.3) is 0 Å². The quantitative estimate of drug-likeness (QED) is 0.765. The van der Waals surface area contributed by atoms with Crippen molar-refractivity contribution in [2.45, 2.75) is 39.0 Å². The molecule has 0 aliphatic carbocycles. The summed E-state index contributed by atoms with van der Waals surface area (Å²) >= 11 is 1.84. The van der Waals surface area contributed by atoms with Crippen LogP contribution in [0.2, 0.25) is 0 Å². The number of aryl methyl sites for hydroxylation is 2. The molecule has 0 spiro atoms. The normalized spacial score (nSPS) is 10.6. The highest BCUT2D eigenvalue weighted by molar-refractivity contribution is 7.99. The zero-order valence-corrected chi connectivity index (χ0v) is 10.2. The van der Waals surface area contributed by atoms with Crippen LogP contribution in [-0.4, -0.2) is 10.9 Å². The van der Waals surface area contributed by atoms with Gasteiger partial charge < -0.3 is 5.11 Å². The molecule has 1 rings (SSSR count). The van der Waals surface area contributed by atoms with Crippen molar-refractivity contribution in [1.29, 1.82) is 0 Å². The third kappa shape index (κ3) is 2.24. The fourth-order valence-electron chi connectivity index (χ4n) is 1.58. The smallest absolute Gasteiger partial charge is 0.122 e. The molecule has 0 radical (unpaired) electrons. The Bertz CT molecular complexity index is 332. The number of hydrogen-bond donors (Lipinski definition) is 1. The van der Waals surface area contributed by atoms with Gasteiger partial charge in [-0.15, -0.1) is 11.8 Å². The maximum Gasteiger partial charge on any atom is 0.122 e. The van der Waals surface area contributed by atoms with Crippen LogP contribution in [0.4, 0.5) is 0 Å². The van der Waals surface area contributed by atoms with Gasteiger partial charge in [0.05, 0.1) is 0 Å². The lowest BCUT2D eigenvalue weighted by Crippen LogP contribution is -1.90. The number of aromatic hydroxyl groups is 1. The molecule has 0 aliphatic rings. The molecule has 0 amide bonds. The van der Waals surface area contributed by atoms with E-state index in [-0.39, 0.29) is 0 Å². The number of phenols is 1. The lowest BCUT2D eigenvalue weighted by Gasteiger charge is -2.12. The van der Waals surface area contributed by atoms with Gasteiger partial charge in [0.2, 0.25) is 0 Å². The fourth-order valence-corrected chi connectivity index (χ4v) is 2.59. The van der Waals surface area contributed by atoms with Crippen molar-refractivity contribution < 1.29 is 5.11 Å². The molecule has 0 saturated heterocycles. The van der Waals surface area contributed by atoms with Crippen LogP contribution in [-0.2, 0) is 0 Å². The Morgan fingerprint density at radius 1 is 1.21 bits per heavy atom. The third-order valence-corrected chi connectivity index (χ3v) is 3.84. The molecule has 0 unspecified atom stereocenters. The Balaban J connectivity index is 3.09. The molecule has 78 valence electrons. The highest BCUT2D eigenvalue weighted by Crippen LogP contribution is 2.34. The van der Waals surface area contributed by atoms with Gasteiger partial charge in [0, 0.05) is 10.5 Å². The summed E-state index contributed by atoms with van der Waals surface area (Å²) in [4.78, 5) is 1.25. The van der Waals surface area contributed by atoms with Crippen molar-refractivity contribution >= 4 is 11.8 Å². The van der Waals surface area contributed by atoms with Gasteiger partial charge in [0.25, 0.3) is 0 Å². The van der Waals surface area contributed by atoms with E-state index >= 15 is 0 Å². The van der Waals surface area contributed by atoms with Gasteiger partial charge in [-0.1, -0.05) is 13.0 Å². The van der Waals surface area contributed by atoms with Crippen LogP contribution in [0.3, 0.4) is 0 Å². The van der Waals surface area contributed by atoms with Gasteiger partial charge in [-0.05, 0) is 44.1 Å². The zero-order valence-electron chi connectivity index (χ0n) is 9.35. The van der Waals surface area contributed by atoms with Gasteiger partial charge in [-0.25, -0.2) is 0 Å². The topological polar surface area (TPSA) is 20.2 Å². The standard InChI is InChI=1S/C12H18OS/c1-5-6-14-12-9(3)7-8(2)11(13)10(12)4/h7,13H,5-6H2,1-4H3. The number of hydrogen-bond acceptors (Lipinski definition) is 2. The Kier molecular flexibility index (Phi) is 3.87. The van der Waals surface area contributed by atoms with Gasteiger partial charge in [-0.2, -0.15) is 0 Å². The summed E-state index contributed by atoms with van der Waals surface area (Å²) in [6, 6.07) is 2.06. The van der Waals surface area contributed by atoms with Crippen molar-refractivity contribution in [2.75, 3.05) is 5.75 Å². The summed E-state index contributed by atoms with van der Waals surface area (Å²) in [5.41, 5.74) is 3.28. The Morgan fingerprint density at radius 2 is 1.86 bits per heavy atom. The second-order valence-electron chi connectivity index (χ2n) is 3.66. The highest BCUT2D eigenvalue weighted by Gasteiger charge is 2.09. The minimum absolute atomic E-state index is 0.453. The van der Waals surface area contributed by atoms with Gasteiger partial charge in [0.15, 0.2) is 0 Å². The van der Waals surface area contributed by atoms with Crippen LogP contribution < -0.4 is 0 Å². The first kappa shape index (κ1) is 11.4. The highest BCUT2D eigenvalue weighted by atomic mass is 32.2. The predicted octanol–water partition coefficient (Wildman–Crippen LogP) is 3.82. The lowest BCUT2D eigenvalue weighted by molar-refractivity contribution is 0.464. The molecule has 0 atom stereocenters. The van der Waals surface area contributed by atoms with E-state index in [0.29, 0.717) is 5.75 Å². The summed E-state index contributed by atoms with van der Waals surface area (Å²) in [6.45, 7) is 8.22. The molecule has 1 aromatic carbocycles. The minimum Gasteiger partial charge on any atom is -0.507 e. The van der Waals surface area contributed by atoms with Gasteiger partial charge in [-0.3, -0.25) is 0 Å². The second-order valence-corrected chi connectivity index (χ2v) is 4.77. The van der Waals surface area contributed by atoms with Gasteiger partial charge in [0.1, 0.15) is 5.75 Å². The van der Waals surface area contributed by atoms with Crippen LogP contribution in [0, 0.1) is 20.8 Å². The molecule has 0 heterocycles. The Hall–Kier alpha value is -0.630. The van der Waals surface area contributed by atoms with E-state index in [4.69, 9.17) is 0 Å². The molecular formula is C12H18OS. The minimum atomic E-state index is 0.453. The maximum absolute atomic E-state index is 9.80. The predicted molar refractivity (Wildman–Crippen MR) is 63.3 cm³/mol. The first-order chi connectivity index (χ1) is 6.57. The Morgan fingerprint density at radius 3 is 2.43 bits per heavy atom. The number of benzene rings is 1. The SMILES string of the molecule is CCCSc1c(C)cc(C)c(O)c1C. The molecule has 0 bridgehead atoms. The largest absolute Gasteiger partial charge is 0.507 e. The van der Waals surface area contributed by atoms with E-state index in [9.17, 15) is 5.11 Å². The average Bonchev–Trinajstić information content (AvgIpc) is 2.14. The summed E-state index contributed by atoms with van der Waals surface area (Å²) in [6.07, 6.45) is 1.16. The molecule has 0 fully saturated rings. The number of phenolic OH excluding ortho intramolecular Hbond substituents is 1. The van der Waals surface area contributed by atoms with Crippen LogP contribution in [0.5, 0.6) is 5.75 Å². The Labute approximate surface area is 90.5 Å². The van der Waals surface area contributed by atoms with E-state index in [1.54, 1.807) is 0 Å². The first-order valence-corrected chi connectivity index (χ1v) is 5.99. The van der Waals surface area contributed by atoms with Crippen LogP contribution in [0.15, 0.2) is 11.0 Å². The zero-order chi connectivity index (χ0) is 10.7. The van der Waals surface area contributed by atoms with Crippen LogP contribution >= 0.6 is 11.8 Å². The fraction of sp³-hybridized carbons (Fsp3) is 0.500. The van der Waals surface area contributed by atoms with E-state index in [2.05, 4.69) is 19.9 Å². The van der Waals surface area contributed by atoms with Crippen molar-refractivity contribution in [2.24, 2.45) is 0 Å². The number of thioether (sulfide) groups is 1. The lowest BCUT2D eigenvalue weighted by atomic mass is 10.1. The second kappa shape index (κ2) is 4.74. The molecule has 1 nitrogen and oxygen atoms in total. The average molecular weight is 210 g/mol. The molecule has 1 aromatic rings. The summed E-state index contributed by atoms with van der Waals surface area (Å²) in [5.74, 6) is 1.57. The third-order valence-electron chi connectivity index (χ3n) is 2.31. The van der Waals surface area contributed by atoms with Gasteiger partial charge >= 0.3 is 0 Å². The molecule has 0 aliphatic heterocycles. The maximum atomic E-state index is 9.80. The molecule has 1 N–H and O–H groups in total. The van der Waals surface area contributed by atoms with Crippen molar-refractivity contribution in [3.8, 4) is 5.75 Å². The van der Waals surface area contributed by atoms with E-state index in [1.807, 2.05) is 25.6 Å². The molecule has 2 heteroatoms. The monoisotopic (exact) mass is 210 g/mol. The van der Waals surface area contributed by atoms with Crippen molar-refractivity contribution in [1.82, 2.24) is 0 Å². The molecule has 0 aromatic heterocycles. The van der Waals surface area contributed by atoms with Crippen molar-refractivity contribution in [3.63, 3.8) is 0 Å². The summed E-state index contributed by atoms with van der Waals surface area (Å²) < 4.78 is 0. The van der Waals surface area contributed by atoms with E-state index in [0.717, 1.165) is 23.3 Å².